The summed E-state index contributed by atoms with van der Waals surface area (Å²) in [4.78, 5) is 23.5. The summed E-state index contributed by atoms with van der Waals surface area (Å²) in [6, 6.07) is -0.495. The molecule has 1 fully saturated rings. The first-order valence-corrected chi connectivity index (χ1v) is 7.28. The molecule has 0 aromatic carbocycles. The topological polar surface area (TPSA) is 55.4 Å². The fourth-order valence-electron chi connectivity index (χ4n) is 2.59. The highest BCUT2D eigenvalue weighted by Crippen LogP contribution is 2.22. The van der Waals surface area contributed by atoms with Gasteiger partial charge in [-0.25, -0.2) is 4.79 Å². The summed E-state index contributed by atoms with van der Waals surface area (Å²) in [6.07, 6.45) is 6.11. The van der Waals surface area contributed by atoms with Crippen LogP contribution in [0.15, 0.2) is 0 Å². The Morgan fingerprint density at radius 3 is 2.05 bits per heavy atom. The van der Waals surface area contributed by atoms with Gasteiger partial charge in [-0.15, -0.1) is 0 Å². The predicted octanol–water partition coefficient (Wildman–Crippen LogP) is 3.44. The number of hydrogen-bond acceptors (Lipinski definition) is 3. The van der Waals surface area contributed by atoms with Crippen molar-refractivity contribution in [1.82, 2.24) is 5.32 Å². The molecule has 0 aromatic rings. The van der Waals surface area contributed by atoms with Crippen molar-refractivity contribution < 1.29 is 14.3 Å². The van der Waals surface area contributed by atoms with Crippen LogP contribution in [0.3, 0.4) is 0 Å². The van der Waals surface area contributed by atoms with E-state index in [0.29, 0.717) is 0 Å². The first-order chi connectivity index (χ1) is 8.80. The molecule has 1 rings (SSSR count). The number of hydrogen-bond donors (Lipinski definition) is 1. The predicted molar refractivity (Wildman–Crippen MR) is 75.0 cm³/mol. The number of ketones is 1. The van der Waals surface area contributed by atoms with Crippen molar-refractivity contribution in [3.8, 4) is 0 Å². The van der Waals surface area contributed by atoms with E-state index in [-0.39, 0.29) is 17.3 Å². The van der Waals surface area contributed by atoms with Crippen molar-refractivity contribution >= 4 is 11.9 Å². The summed E-state index contributed by atoms with van der Waals surface area (Å²) in [7, 11) is 0. The van der Waals surface area contributed by atoms with Gasteiger partial charge >= 0.3 is 6.09 Å². The summed E-state index contributed by atoms with van der Waals surface area (Å²) in [5.74, 6) is -0.0367. The van der Waals surface area contributed by atoms with E-state index < -0.39 is 12.1 Å². The van der Waals surface area contributed by atoms with Crippen molar-refractivity contribution in [2.45, 2.75) is 78.4 Å². The fraction of sp³-hybridized carbons (Fsp3) is 0.867. The largest absolute Gasteiger partial charge is 0.446 e. The van der Waals surface area contributed by atoms with E-state index in [1.807, 2.05) is 20.8 Å². The summed E-state index contributed by atoms with van der Waals surface area (Å²) >= 11 is 0. The molecule has 0 aromatic heterocycles. The van der Waals surface area contributed by atoms with E-state index in [2.05, 4.69) is 5.32 Å². The number of alkyl carbamates (subject to hydrolysis) is 1. The minimum atomic E-state index is -0.495. The number of carbonyl (C=O) groups excluding carboxylic acids is 2. The summed E-state index contributed by atoms with van der Waals surface area (Å²) in [5, 5.41) is 2.71. The van der Waals surface area contributed by atoms with E-state index in [1.165, 1.54) is 19.8 Å². The van der Waals surface area contributed by atoms with Gasteiger partial charge in [0.1, 0.15) is 6.10 Å². The van der Waals surface area contributed by atoms with Gasteiger partial charge in [-0.2, -0.15) is 0 Å². The maximum absolute atomic E-state index is 11.9. The fourth-order valence-corrected chi connectivity index (χ4v) is 2.59. The monoisotopic (exact) mass is 269 g/mol. The third-order valence-electron chi connectivity index (χ3n) is 3.61. The molecule has 0 saturated heterocycles. The lowest BCUT2D eigenvalue weighted by atomic mass is 9.85. The first-order valence-electron chi connectivity index (χ1n) is 7.28. The van der Waals surface area contributed by atoms with Gasteiger partial charge in [0.2, 0.25) is 0 Å². The Kier molecular flexibility index (Phi) is 5.83. The molecule has 0 bridgehead atoms. The summed E-state index contributed by atoms with van der Waals surface area (Å²) in [5.41, 5.74) is -0.297. The molecule has 0 spiro atoms. The molecule has 110 valence electrons. The molecule has 1 unspecified atom stereocenters. The average Bonchev–Trinajstić information content (AvgIpc) is 2.52. The standard InChI is InChI=1S/C15H27NO3/c1-11(17)13(15(2,3)4)16-14(18)19-12-9-7-5-6-8-10-12/h12-13H,5-10H2,1-4H3,(H,16,18). The molecule has 0 radical (unpaired) electrons. The number of rotatable bonds is 3. The number of Topliss-reactive ketones (excluding diaryl/α,β-unsaturated/α-hetero) is 1. The maximum Gasteiger partial charge on any atom is 0.408 e. The first kappa shape index (κ1) is 16.0. The molecule has 1 saturated carbocycles. The number of amides is 1. The van der Waals surface area contributed by atoms with Crippen LogP contribution in [0, 0.1) is 5.41 Å². The molecule has 0 aliphatic heterocycles. The zero-order chi connectivity index (χ0) is 14.5. The van der Waals surface area contributed by atoms with Crippen LogP contribution >= 0.6 is 0 Å². The third-order valence-corrected chi connectivity index (χ3v) is 3.61. The molecule has 1 atom stereocenters. The minimum Gasteiger partial charge on any atom is -0.446 e. The Labute approximate surface area is 116 Å². The molecule has 1 N–H and O–H groups in total. The lowest BCUT2D eigenvalue weighted by Crippen LogP contribution is -2.49. The molecule has 0 heterocycles. The van der Waals surface area contributed by atoms with Crippen LogP contribution in [0.1, 0.15) is 66.2 Å². The van der Waals surface area contributed by atoms with Gasteiger partial charge in [0.05, 0.1) is 6.04 Å². The second-order valence-electron chi connectivity index (χ2n) is 6.57. The van der Waals surface area contributed by atoms with Gasteiger partial charge in [-0.1, -0.05) is 33.6 Å². The third kappa shape index (κ3) is 5.62. The molecule has 1 aliphatic rings. The van der Waals surface area contributed by atoms with Gasteiger partial charge in [-0.05, 0) is 38.0 Å². The molecule has 4 heteroatoms. The van der Waals surface area contributed by atoms with E-state index in [9.17, 15) is 9.59 Å². The molecule has 1 amide bonds. The Morgan fingerprint density at radius 2 is 1.63 bits per heavy atom. The van der Waals surface area contributed by atoms with Crippen LogP contribution < -0.4 is 5.32 Å². The lowest BCUT2D eigenvalue weighted by Gasteiger charge is -2.29. The second-order valence-corrected chi connectivity index (χ2v) is 6.57. The van der Waals surface area contributed by atoms with Crippen LogP contribution in [0.4, 0.5) is 4.79 Å². The van der Waals surface area contributed by atoms with E-state index in [4.69, 9.17) is 4.74 Å². The maximum atomic E-state index is 11.9. The Bertz CT molecular complexity index is 312. The SMILES string of the molecule is CC(=O)C(NC(=O)OC1CCCCCC1)C(C)(C)C. The number of carbonyl (C=O) groups is 2. The van der Waals surface area contributed by atoms with Crippen molar-refractivity contribution in [1.29, 1.82) is 0 Å². The number of nitrogens with one attached hydrogen (secondary N) is 1. The van der Waals surface area contributed by atoms with Gasteiger partial charge in [-0.3, -0.25) is 4.79 Å². The molecule has 4 nitrogen and oxygen atoms in total. The highest BCUT2D eigenvalue weighted by atomic mass is 16.6. The van der Waals surface area contributed by atoms with Gasteiger partial charge in [0.15, 0.2) is 5.78 Å². The molecule has 1 aliphatic carbocycles. The van der Waals surface area contributed by atoms with Crippen molar-refractivity contribution in [2.75, 3.05) is 0 Å². The van der Waals surface area contributed by atoms with Crippen molar-refractivity contribution in [2.24, 2.45) is 5.41 Å². The summed E-state index contributed by atoms with van der Waals surface area (Å²) in [6.45, 7) is 7.31. The van der Waals surface area contributed by atoms with E-state index >= 15 is 0 Å². The van der Waals surface area contributed by atoms with Crippen LogP contribution in [-0.2, 0) is 9.53 Å². The number of ether oxygens (including phenoxy) is 1. The molecule has 19 heavy (non-hydrogen) atoms. The summed E-state index contributed by atoms with van der Waals surface area (Å²) < 4.78 is 5.44. The van der Waals surface area contributed by atoms with E-state index in [1.54, 1.807) is 0 Å². The lowest BCUT2D eigenvalue weighted by molar-refractivity contribution is -0.121. The molecular formula is C15H27NO3. The zero-order valence-corrected chi connectivity index (χ0v) is 12.6. The van der Waals surface area contributed by atoms with Crippen molar-refractivity contribution in [3.63, 3.8) is 0 Å². The molecular weight excluding hydrogens is 242 g/mol. The highest BCUT2D eigenvalue weighted by molar-refractivity contribution is 5.86. The Balaban J connectivity index is 2.50. The van der Waals surface area contributed by atoms with Crippen molar-refractivity contribution in [3.05, 3.63) is 0 Å². The Morgan fingerprint density at radius 1 is 1.11 bits per heavy atom. The second kappa shape index (κ2) is 6.92. The minimum absolute atomic E-state index is 0.00933. The normalized spacial score (nSPS) is 19.4. The highest BCUT2D eigenvalue weighted by Gasteiger charge is 2.31. The van der Waals surface area contributed by atoms with Crippen LogP contribution in [-0.4, -0.2) is 24.0 Å². The van der Waals surface area contributed by atoms with Crippen LogP contribution in [0.2, 0.25) is 0 Å². The van der Waals surface area contributed by atoms with Crippen LogP contribution in [0.25, 0.3) is 0 Å². The Hall–Kier alpha value is -1.06. The average molecular weight is 269 g/mol. The van der Waals surface area contributed by atoms with Crippen LogP contribution in [0.5, 0.6) is 0 Å². The zero-order valence-electron chi connectivity index (χ0n) is 12.6. The van der Waals surface area contributed by atoms with Gasteiger partial charge in [0, 0.05) is 0 Å². The smallest absolute Gasteiger partial charge is 0.408 e. The van der Waals surface area contributed by atoms with E-state index in [0.717, 1.165) is 25.7 Å². The van der Waals surface area contributed by atoms with Gasteiger partial charge in [0.25, 0.3) is 0 Å². The van der Waals surface area contributed by atoms with Gasteiger partial charge < -0.3 is 10.1 Å². The quantitative estimate of drug-likeness (QED) is 0.798.